The number of hydrogen-bond acceptors (Lipinski definition) is 2. The van der Waals surface area contributed by atoms with E-state index in [2.05, 4.69) is 15.0 Å². The minimum Gasteiger partial charge on any atom is -0.338 e. The van der Waals surface area contributed by atoms with Gasteiger partial charge in [0.1, 0.15) is 11.3 Å². The highest BCUT2D eigenvalue weighted by Crippen LogP contribution is 2.23. The number of hydrogen-bond donors (Lipinski definition) is 1. The van der Waals surface area contributed by atoms with Crippen LogP contribution in [0.2, 0.25) is 0 Å². The molecule has 0 unspecified atom stereocenters. The van der Waals surface area contributed by atoms with Crippen LogP contribution in [0.15, 0.2) is 30.6 Å². The minimum absolute atomic E-state index is 0.00602. The molecule has 0 saturated carbocycles. The molecule has 0 aliphatic rings. The normalized spacial score (nSPS) is 11.1. The SMILES string of the molecule is Cc1cncc(-c2nc3c(F)c(F)ccc3[nH]2)c1. The van der Waals surface area contributed by atoms with Gasteiger partial charge in [-0.2, -0.15) is 0 Å². The first-order valence-corrected chi connectivity index (χ1v) is 5.41. The summed E-state index contributed by atoms with van der Waals surface area (Å²) in [6.07, 6.45) is 3.34. The van der Waals surface area contributed by atoms with E-state index in [0.29, 0.717) is 11.3 Å². The van der Waals surface area contributed by atoms with Gasteiger partial charge in [-0.1, -0.05) is 0 Å². The van der Waals surface area contributed by atoms with Crippen molar-refractivity contribution in [2.24, 2.45) is 0 Å². The van der Waals surface area contributed by atoms with Crippen LogP contribution in [0.1, 0.15) is 5.56 Å². The maximum Gasteiger partial charge on any atom is 0.186 e. The smallest absolute Gasteiger partial charge is 0.186 e. The van der Waals surface area contributed by atoms with Crippen molar-refractivity contribution in [1.29, 1.82) is 0 Å². The summed E-state index contributed by atoms with van der Waals surface area (Å²) in [6.45, 7) is 1.90. The van der Waals surface area contributed by atoms with Gasteiger partial charge in [0, 0.05) is 18.0 Å². The van der Waals surface area contributed by atoms with Crippen molar-refractivity contribution in [1.82, 2.24) is 15.0 Å². The van der Waals surface area contributed by atoms with E-state index in [1.54, 1.807) is 12.4 Å². The molecule has 0 spiro atoms. The summed E-state index contributed by atoms with van der Waals surface area (Å²) in [5.41, 5.74) is 2.18. The molecule has 1 aromatic carbocycles. The van der Waals surface area contributed by atoms with Crippen LogP contribution in [-0.2, 0) is 0 Å². The van der Waals surface area contributed by atoms with E-state index in [4.69, 9.17) is 0 Å². The molecule has 0 radical (unpaired) electrons. The first kappa shape index (κ1) is 10.8. The van der Waals surface area contributed by atoms with Crippen LogP contribution in [0.5, 0.6) is 0 Å². The largest absolute Gasteiger partial charge is 0.338 e. The zero-order valence-corrected chi connectivity index (χ0v) is 9.54. The van der Waals surface area contributed by atoms with Gasteiger partial charge in [0.2, 0.25) is 0 Å². The van der Waals surface area contributed by atoms with Crippen LogP contribution >= 0.6 is 0 Å². The lowest BCUT2D eigenvalue weighted by Crippen LogP contribution is -1.85. The Labute approximate surface area is 102 Å². The van der Waals surface area contributed by atoms with Crippen molar-refractivity contribution in [2.45, 2.75) is 6.92 Å². The number of benzene rings is 1. The third-order valence-corrected chi connectivity index (χ3v) is 2.69. The van der Waals surface area contributed by atoms with Gasteiger partial charge >= 0.3 is 0 Å². The molecule has 3 aromatic rings. The molecule has 3 rings (SSSR count). The van der Waals surface area contributed by atoms with Crippen molar-refractivity contribution < 1.29 is 8.78 Å². The summed E-state index contributed by atoms with van der Waals surface area (Å²) in [4.78, 5) is 11.1. The molecule has 0 bridgehead atoms. The Morgan fingerprint density at radius 2 is 2.00 bits per heavy atom. The number of fused-ring (bicyclic) bond motifs is 1. The molecular formula is C13H9F2N3. The Morgan fingerprint density at radius 1 is 1.17 bits per heavy atom. The number of halogens is 2. The molecule has 0 saturated heterocycles. The number of aromatic amines is 1. The van der Waals surface area contributed by atoms with E-state index in [-0.39, 0.29) is 5.52 Å². The zero-order chi connectivity index (χ0) is 12.7. The Hall–Kier alpha value is -2.30. The topological polar surface area (TPSA) is 41.6 Å². The van der Waals surface area contributed by atoms with Crippen molar-refractivity contribution in [3.63, 3.8) is 0 Å². The van der Waals surface area contributed by atoms with Gasteiger partial charge < -0.3 is 4.98 Å². The van der Waals surface area contributed by atoms with E-state index in [1.807, 2.05) is 13.0 Å². The van der Waals surface area contributed by atoms with Crippen molar-refractivity contribution in [2.75, 3.05) is 0 Å². The van der Waals surface area contributed by atoms with Crippen molar-refractivity contribution in [3.05, 3.63) is 47.8 Å². The van der Waals surface area contributed by atoms with Crippen LogP contribution in [-0.4, -0.2) is 15.0 Å². The molecule has 0 atom stereocenters. The monoisotopic (exact) mass is 245 g/mol. The lowest BCUT2D eigenvalue weighted by molar-refractivity contribution is 0.515. The van der Waals surface area contributed by atoms with E-state index >= 15 is 0 Å². The Kier molecular flexibility index (Phi) is 2.33. The first-order valence-electron chi connectivity index (χ1n) is 5.41. The van der Waals surface area contributed by atoms with Crippen molar-refractivity contribution in [3.8, 4) is 11.4 Å². The summed E-state index contributed by atoms with van der Waals surface area (Å²) >= 11 is 0. The van der Waals surface area contributed by atoms with Gasteiger partial charge in [-0.15, -0.1) is 0 Å². The molecule has 2 heterocycles. The van der Waals surface area contributed by atoms with E-state index in [9.17, 15) is 8.78 Å². The van der Waals surface area contributed by atoms with E-state index in [0.717, 1.165) is 17.2 Å². The highest BCUT2D eigenvalue weighted by molar-refractivity contribution is 5.79. The molecule has 90 valence electrons. The number of imidazole rings is 1. The predicted molar refractivity (Wildman–Crippen MR) is 64.0 cm³/mol. The molecule has 3 nitrogen and oxygen atoms in total. The number of aryl methyl sites for hydroxylation is 1. The number of pyridine rings is 1. The number of nitrogens with one attached hydrogen (secondary N) is 1. The lowest BCUT2D eigenvalue weighted by Gasteiger charge is -1.96. The number of aromatic nitrogens is 3. The van der Waals surface area contributed by atoms with Gasteiger partial charge in [-0.05, 0) is 30.7 Å². The summed E-state index contributed by atoms with van der Waals surface area (Å²) in [5.74, 6) is -1.36. The van der Waals surface area contributed by atoms with Gasteiger partial charge in [0.05, 0.1) is 5.52 Å². The third-order valence-electron chi connectivity index (χ3n) is 2.69. The van der Waals surface area contributed by atoms with E-state index in [1.165, 1.54) is 6.07 Å². The molecule has 0 aliphatic carbocycles. The summed E-state index contributed by atoms with van der Waals surface area (Å²) in [6, 6.07) is 4.42. The second-order valence-electron chi connectivity index (χ2n) is 4.09. The molecule has 0 aliphatic heterocycles. The van der Waals surface area contributed by atoms with Crippen molar-refractivity contribution >= 4 is 11.0 Å². The molecule has 5 heteroatoms. The fraction of sp³-hybridized carbons (Fsp3) is 0.0769. The second kappa shape index (κ2) is 3.87. The zero-order valence-electron chi connectivity index (χ0n) is 9.54. The molecule has 18 heavy (non-hydrogen) atoms. The average Bonchev–Trinajstić information content (AvgIpc) is 2.79. The van der Waals surface area contributed by atoms with Crippen LogP contribution in [0.4, 0.5) is 8.78 Å². The maximum atomic E-state index is 13.5. The fourth-order valence-electron chi connectivity index (χ4n) is 1.84. The van der Waals surface area contributed by atoms with Gasteiger partial charge in [-0.3, -0.25) is 4.98 Å². The van der Waals surface area contributed by atoms with Gasteiger partial charge in [0.15, 0.2) is 11.6 Å². The van der Waals surface area contributed by atoms with Crippen LogP contribution in [0.25, 0.3) is 22.4 Å². The maximum absolute atomic E-state index is 13.5. The van der Waals surface area contributed by atoms with Crippen LogP contribution < -0.4 is 0 Å². The molecular weight excluding hydrogens is 236 g/mol. The standard InChI is InChI=1S/C13H9F2N3/c1-7-4-8(6-16-5-7)13-17-10-3-2-9(14)11(15)12(10)18-13/h2-6H,1H3,(H,17,18). The summed E-state index contributed by atoms with van der Waals surface area (Å²) in [5, 5.41) is 0. The summed E-state index contributed by atoms with van der Waals surface area (Å²) < 4.78 is 26.6. The molecule has 0 fully saturated rings. The molecule has 0 amide bonds. The number of rotatable bonds is 1. The highest BCUT2D eigenvalue weighted by atomic mass is 19.2. The van der Waals surface area contributed by atoms with Crippen LogP contribution in [0, 0.1) is 18.6 Å². The Balaban J connectivity index is 2.23. The van der Waals surface area contributed by atoms with Gasteiger partial charge in [0.25, 0.3) is 0 Å². The average molecular weight is 245 g/mol. The minimum atomic E-state index is -0.935. The third kappa shape index (κ3) is 1.64. The Morgan fingerprint density at radius 3 is 2.78 bits per heavy atom. The van der Waals surface area contributed by atoms with E-state index < -0.39 is 11.6 Å². The molecule has 2 aromatic heterocycles. The highest BCUT2D eigenvalue weighted by Gasteiger charge is 2.12. The first-order chi connectivity index (χ1) is 8.65. The number of H-pyrrole nitrogens is 1. The predicted octanol–water partition coefficient (Wildman–Crippen LogP) is 3.21. The fourth-order valence-corrected chi connectivity index (χ4v) is 1.84. The Bertz CT molecular complexity index is 734. The second-order valence-corrected chi connectivity index (χ2v) is 4.09. The lowest BCUT2D eigenvalue weighted by atomic mass is 10.2. The summed E-state index contributed by atoms with van der Waals surface area (Å²) in [7, 11) is 0. The van der Waals surface area contributed by atoms with Crippen LogP contribution in [0.3, 0.4) is 0 Å². The number of nitrogens with zero attached hydrogens (tertiary/aromatic N) is 2. The molecule has 1 N–H and O–H groups in total. The quantitative estimate of drug-likeness (QED) is 0.715. The van der Waals surface area contributed by atoms with Gasteiger partial charge in [-0.25, -0.2) is 13.8 Å².